The Kier molecular flexibility index (Phi) is 11.5. The highest BCUT2D eigenvalue weighted by molar-refractivity contribution is 7.15. The Morgan fingerprint density at radius 1 is 0.940 bits per heavy atom. The number of ether oxygens (including phenoxy) is 2. The molecule has 2 aromatic heterocycles. The van der Waals surface area contributed by atoms with Crippen LogP contribution in [0.1, 0.15) is 114 Å². The van der Waals surface area contributed by atoms with Crippen LogP contribution in [0.4, 0.5) is 10.6 Å². The van der Waals surface area contributed by atoms with E-state index in [0.29, 0.717) is 24.3 Å². The average Bonchev–Trinajstić information content (AvgIpc) is 3.63. The van der Waals surface area contributed by atoms with Gasteiger partial charge in [-0.05, 0) is 124 Å². The van der Waals surface area contributed by atoms with Gasteiger partial charge in [-0.1, -0.05) is 39.8 Å². The fraction of sp³-hybridized carbons (Fsp3) is 0.610. The number of nitrogens with zero attached hydrogens (tertiary/aromatic N) is 4. The van der Waals surface area contributed by atoms with Crippen molar-refractivity contribution in [2.45, 2.75) is 116 Å². The number of amides is 2. The number of carbonyl (C=O) groups is 2. The summed E-state index contributed by atoms with van der Waals surface area (Å²) in [4.78, 5) is 41.8. The molecule has 0 N–H and O–H groups in total. The molecule has 1 saturated heterocycles. The van der Waals surface area contributed by atoms with Gasteiger partial charge in [0.25, 0.3) is 0 Å². The van der Waals surface area contributed by atoms with E-state index in [1.165, 1.54) is 11.1 Å². The van der Waals surface area contributed by atoms with Crippen molar-refractivity contribution in [1.82, 2.24) is 14.9 Å². The van der Waals surface area contributed by atoms with Gasteiger partial charge < -0.3 is 14.4 Å². The van der Waals surface area contributed by atoms with Gasteiger partial charge in [-0.2, -0.15) is 0 Å². The summed E-state index contributed by atoms with van der Waals surface area (Å²) < 4.78 is 11.5. The first-order valence-corrected chi connectivity index (χ1v) is 19.6. The predicted molar refractivity (Wildman–Crippen MR) is 201 cm³/mol. The molecule has 2 aliphatic carbocycles. The van der Waals surface area contributed by atoms with Crippen molar-refractivity contribution in [3.8, 4) is 16.2 Å². The molecule has 3 fully saturated rings. The number of aromatic nitrogens is 2. The number of carbonyl (C=O) groups excluding carboxylic acids is 2. The lowest BCUT2D eigenvalue weighted by Gasteiger charge is -2.36. The summed E-state index contributed by atoms with van der Waals surface area (Å²) in [6.45, 7) is 13.1. The van der Waals surface area contributed by atoms with Crippen LogP contribution in [-0.4, -0.2) is 59.7 Å². The molecule has 0 atom stereocenters. The number of piperidine rings is 1. The Morgan fingerprint density at radius 3 is 2.30 bits per heavy atom. The molecule has 3 aliphatic rings. The molecule has 270 valence electrons. The third kappa shape index (κ3) is 8.70. The quantitative estimate of drug-likeness (QED) is 0.233. The van der Waals surface area contributed by atoms with E-state index < -0.39 is 0 Å². The van der Waals surface area contributed by atoms with Crippen LogP contribution in [0, 0.1) is 24.7 Å². The van der Waals surface area contributed by atoms with Gasteiger partial charge in [-0.3, -0.25) is 9.69 Å². The number of aryl methyl sites for hydroxylation is 1. The van der Waals surface area contributed by atoms with Gasteiger partial charge in [0.2, 0.25) is 5.91 Å². The minimum atomic E-state index is -0.188. The highest BCUT2D eigenvalue weighted by Crippen LogP contribution is 2.40. The molecule has 0 unspecified atom stereocenters. The van der Waals surface area contributed by atoms with Crippen LogP contribution >= 0.6 is 11.3 Å². The maximum absolute atomic E-state index is 14.5. The first-order chi connectivity index (χ1) is 24.0. The fourth-order valence-corrected chi connectivity index (χ4v) is 8.89. The summed E-state index contributed by atoms with van der Waals surface area (Å²) in [5.41, 5.74) is 3.58. The van der Waals surface area contributed by atoms with Crippen LogP contribution in [0.3, 0.4) is 0 Å². The zero-order valence-corrected chi connectivity index (χ0v) is 31.8. The molecule has 9 heteroatoms. The van der Waals surface area contributed by atoms with E-state index in [9.17, 15) is 9.59 Å². The molecule has 8 nitrogen and oxygen atoms in total. The van der Waals surface area contributed by atoms with Crippen LogP contribution in [0.5, 0.6) is 5.75 Å². The van der Waals surface area contributed by atoms with E-state index in [2.05, 4.69) is 58.9 Å². The lowest BCUT2D eigenvalue weighted by atomic mass is 9.78. The smallest absolute Gasteiger partial charge is 0.410 e. The third-order valence-corrected chi connectivity index (χ3v) is 12.7. The van der Waals surface area contributed by atoms with Gasteiger partial charge >= 0.3 is 6.09 Å². The second-order valence-corrected chi connectivity index (χ2v) is 17.1. The normalized spacial score (nSPS) is 23.4. The number of benzene rings is 1. The van der Waals surface area contributed by atoms with E-state index in [4.69, 9.17) is 19.4 Å². The standard InChI is InChI=1S/C41H56N4O4S/c1-27-18-21-44(22-19-27)40(47)49-34-14-11-31(12-15-34)38(46)45(37-24-33(17-20-42-37)36-25-43-39(50-36)41(3,4)5)26-29-7-9-30(10-8-29)32-13-16-35(48-6)28(2)23-32/h13,16-17,20,23-25,27,29-31,34H,7-12,14-15,18-19,21-22,26H2,1-6H3/t29-,30-,31-,34-. The summed E-state index contributed by atoms with van der Waals surface area (Å²) in [5, 5.41) is 1.09. The van der Waals surface area contributed by atoms with E-state index >= 15 is 0 Å². The maximum Gasteiger partial charge on any atom is 0.410 e. The van der Waals surface area contributed by atoms with Gasteiger partial charge in [0, 0.05) is 43.4 Å². The Hall–Kier alpha value is -3.46. The largest absolute Gasteiger partial charge is 0.496 e. The van der Waals surface area contributed by atoms with Crippen molar-refractivity contribution in [3.63, 3.8) is 0 Å². The second kappa shape index (κ2) is 15.8. The molecule has 6 rings (SSSR count). The van der Waals surface area contributed by atoms with Crippen molar-refractivity contribution < 1.29 is 19.1 Å². The molecular formula is C41H56N4O4S. The van der Waals surface area contributed by atoms with E-state index in [-0.39, 0.29) is 29.4 Å². The van der Waals surface area contributed by atoms with Gasteiger partial charge in [0.1, 0.15) is 17.7 Å². The van der Waals surface area contributed by atoms with Crippen LogP contribution in [0.2, 0.25) is 0 Å². The number of thiazole rings is 1. The Balaban J connectivity index is 1.15. The fourth-order valence-electron chi connectivity index (χ4n) is 7.92. The topological polar surface area (TPSA) is 84.9 Å². The SMILES string of the molecule is COc1ccc([C@H]2CC[C@H](CN(c3cc(-c4cnc(C(C)(C)C)s4)ccn3)C(=O)[C@H]3CC[C@H](OC(=O)N4CCC(C)CC4)CC3)CC2)cc1C. The average molecular weight is 701 g/mol. The zero-order valence-electron chi connectivity index (χ0n) is 31.0. The molecule has 3 aromatic rings. The van der Waals surface area contributed by atoms with Crippen LogP contribution in [0.25, 0.3) is 10.4 Å². The summed E-state index contributed by atoms with van der Waals surface area (Å²) in [6, 6.07) is 10.7. The molecule has 3 heterocycles. The maximum atomic E-state index is 14.5. The number of likely N-dealkylation sites (tertiary alicyclic amines) is 1. The Morgan fingerprint density at radius 2 is 1.66 bits per heavy atom. The third-order valence-electron chi connectivity index (χ3n) is 11.2. The van der Waals surface area contributed by atoms with Crippen molar-refractivity contribution in [3.05, 3.63) is 58.9 Å². The molecule has 2 amide bonds. The molecular weight excluding hydrogens is 645 g/mol. The Bertz CT molecular complexity index is 1610. The van der Waals surface area contributed by atoms with Crippen molar-refractivity contribution >= 4 is 29.2 Å². The lowest BCUT2D eigenvalue weighted by Crippen LogP contribution is -2.43. The lowest BCUT2D eigenvalue weighted by molar-refractivity contribution is -0.124. The second-order valence-electron chi connectivity index (χ2n) is 16.1. The number of anilines is 1. The Labute approximate surface area is 303 Å². The van der Waals surface area contributed by atoms with Gasteiger partial charge in [0.15, 0.2) is 0 Å². The number of pyridine rings is 1. The van der Waals surface area contributed by atoms with Gasteiger partial charge in [-0.15, -0.1) is 11.3 Å². The molecule has 0 bridgehead atoms. The number of hydrogen-bond donors (Lipinski definition) is 0. The highest BCUT2D eigenvalue weighted by Gasteiger charge is 2.35. The zero-order chi connectivity index (χ0) is 35.4. The monoisotopic (exact) mass is 700 g/mol. The summed E-state index contributed by atoms with van der Waals surface area (Å²) in [5.74, 6) is 3.28. The van der Waals surface area contributed by atoms with Gasteiger partial charge in [0.05, 0.1) is 17.0 Å². The first-order valence-electron chi connectivity index (χ1n) is 18.8. The minimum absolute atomic E-state index is 0.0242. The summed E-state index contributed by atoms with van der Waals surface area (Å²) in [7, 11) is 1.72. The molecule has 2 saturated carbocycles. The first kappa shape index (κ1) is 36.3. The van der Waals surface area contributed by atoms with E-state index in [1.807, 2.05) is 28.3 Å². The number of hydrogen-bond acceptors (Lipinski definition) is 7. The van der Waals surface area contributed by atoms with Crippen molar-refractivity contribution in [2.75, 3.05) is 31.6 Å². The molecule has 50 heavy (non-hydrogen) atoms. The number of methoxy groups -OCH3 is 1. The van der Waals surface area contributed by atoms with Crippen LogP contribution in [0.15, 0.2) is 42.7 Å². The van der Waals surface area contributed by atoms with E-state index in [1.54, 1.807) is 18.4 Å². The number of rotatable bonds is 8. The van der Waals surface area contributed by atoms with E-state index in [0.717, 1.165) is 104 Å². The summed E-state index contributed by atoms with van der Waals surface area (Å²) in [6.07, 6.45) is 12.8. The minimum Gasteiger partial charge on any atom is -0.496 e. The van der Waals surface area contributed by atoms with Crippen molar-refractivity contribution in [2.24, 2.45) is 17.8 Å². The predicted octanol–water partition coefficient (Wildman–Crippen LogP) is 9.55. The van der Waals surface area contributed by atoms with Gasteiger partial charge in [-0.25, -0.2) is 14.8 Å². The van der Waals surface area contributed by atoms with Crippen LogP contribution in [-0.2, 0) is 14.9 Å². The molecule has 0 spiro atoms. The van der Waals surface area contributed by atoms with Crippen LogP contribution < -0.4 is 9.64 Å². The highest BCUT2D eigenvalue weighted by atomic mass is 32.1. The molecule has 0 radical (unpaired) electrons. The molecule has 1 aliphatic heterocycles. The molecule has 1 aromatic carbocycles. The van der Waals surface area contributed by atoms with Crippen molar-refractivity contribution in [1.29, 1.82) is 0 Å². The summed E-state index contributed by atoms with van der Waals surface area (Å²) >= 11 is 1.71.